The molecule has 1 aliphatic heterocycles. The molecule has 39 heavy (non-hydrogen) atoms. The highest BCUT2D eigenvalue weighted by molar-refractivity contribution is 6.30. The normalized spacial score (nSPS) is 18.6. The smallest absolute Gasteiger partial charge is 0.335 e. The number of urea groups is 1. The third-order valence-electron chi connectivity index (χ3n) is 7.67. The van der Waals surface area contributed by atoms with Crippen molar-refractivity contribution < 1.29 is 24.4 Å². The summed E-state index contributed by atoms with van der Waals surface area (Å²) in [6.07, 6.45) is 3.76. The van der Waals surface area contributed by atoms with Crippen molar-refractivity contribution in [2.45, 2.75) is 50.5 Å². The average molecular weight is 555 g/mol. The number of halogens is 1. The van der Waals surface area contributed by atoms with Gasteiger partial charge in [0.2, 0.25) is 5.91 Å². The Morgan fingerprint density at radius 1 is 1.21 bits per heavy atom. The van der Waals surface area contributed by atoms with Crippen LogP contribution in [0.5, 0.6) is 0 Å². The number of carbonyl (C=O) groups excluding carboxylic acids is 2. The Hall–Kier alpha value is -3.92. The Kier molecular flexibility index (Phi) is 8.25. The molecule has 1 aliphatic carbocycles. The number of nitrogens with zero attached hydrogens (tertiary/aromatic N) is 3. The van der Waals surface area contributed by atoms with E-state index in [4.69, 9.17) is 11.6 Å². The van der Waals surface area contributed by atoms with Gasteiger partial charge in [-0.3, -0.25) is 14.9 Å². The lowest BCUT2D eigenvalue weighted by Gasteiger charge is -2.38. The van der Waals surface area contributed by atoms with Gasteiger partial charge in [-0.05, 0) is 49.4 Å². The molecule has 10 nitrogen and oxygen atoms in total. The average Bonchev–Trinajstić information content (AvgIpc) is 3.40. The number of carboxylic acid groups (broad SMARTS) is 1. The van der Waals surface area contributed by atoms with Crippen LogP contribution in [-0.4, -0.2) is 57.9 Å². The van der Waals surface area contributed by atoms with Gasteiger partial charge in [-0.15, -0.1) is 0 Å². The summed E-state index contributed by atoms with van der Waals surface area (Å²) in [6.45, 7) is 1.97. The number of nitrogens with one attached hydrogen (secondary N) is 1. The summed E-state index contributed by atoms with van der Waals surface area (Å²) in [6, 6.07) is 11.5. The lowest BCUT2D eigenvalue weighted by Crippen LogP contribution is -2.49. The van der Waals surface area contributed by atoms with Crippen molar-refractivity contribution in [2.24, 2.45) is 0 Å². The van der Waals surface area contributed by atoms with Crippen molar-refractivity contribution in [1.82, 2.24) is 15.1 Å². The lowest BCUT2D eigenvalue weighted by atomic mass is 9.77. The van der Waals surface area contributed by atoms with E-state index in [9.17, 15) is 29.6 Å². The van der Waals surface area contributed by atoms with Gasteiger partial charge in [0.1, 0.15) is 0 Å². The van der Waals surface area contributed by atoms with Gasteiger partial charge in [-0.2, -0.15) is 0 Å². The van der Waals surface area contributed by atoms with E-state index in [1.165, 1.54) is 30.0 Å². The zero-order chi connectivity index (χ0) is 28.3. The molecule has 0 radical (unpaired) electrons. The van der Waals surface area contributed by atoms with Gasteiger partial charge < -0.3 is 20.2 Å². The van der Waals surface area contributed by atoms with Crippen LogP contribution in [0.1, 0.15) is 56.2 Å². The van der Waals surface area contributed by atoms with Crippen molar-refractivity contribution in [3.05, 3.63) is 86.1 Å². The van der Waals surface area contributed by atoms with E-state index in [-0.39, 0.29) is 29.4 Å². The molecule has 2 aromatic carbocycles. The lowest BCUT2D eigenvalue weighted by molar-refractivity contribution is -0.384. The number of likely N-dealkylation sites (N-methyl/N-ethyl adjacent to an activating group) is 1. The minimum Gasteiger partial charge on any atom is -0.478 e. The number of non-ortho nitro benzene ring substituents is 1. The number of hydrogen-bond acceptors (Lipinski definition) is 5. The maximum atomic E-state index is 13.7. The number of aliphatic carboxylic acids is 1. The highest BCUT2D eigenvalue weighted by atomic mass is 35.5. The van der Waals surface area contributed by atoms with Crippen molar-refractivity contribution in [3.63, 3.8) is 0 Å². The van der Waals surface area contributed by atoms with Crippen LogP contribution < -0.4 is 5.32 Å². The van der Waals surface area contributed by atoms with Crippen LogP contribution in [0, 0.1) is 10.1 Å². The van der Waals surface area contributed by atoms with Gasteiger partial charge in [-0.1, -0.05) is 48.7 Å². The summed E-state index contributed by atoms with van der Waals surface area (Å²) >= 11 is 6.07. The molecule has 0 aromatic heterocycles. The predicted octanol–water partition coefficient (Wildman–Crippen LogP) is 5.03. The number of nitro benzene ring substituents is 1. The van der Waals surface area contributed by atoms with E-state index in [1.807, 2.05) is 12.1 Å². The van der Waals surface area contributed by atoms with Crippen molar-refractivity contribution in [2.75, 3.05) is 20.1 Å². The molecule has 1 fully saturated rings. The number of rotatable bonds is 9. The van der Waals surface area contributed by atoms with Crippen LogP contribution in [0.15, 0.2) is 59.8 Å². The number of carboxylic acids is 1. The molecule has 2 aliphatic rings. The molecule has 11 heteroatoms. The summed E-state index contributed by atoms with van der Waals surface area (Å²) < 4.78 is 0. The second-order valence-electron chi connectivity index (χ2n) is 10.1. The van der Waals surface area contributed by atoms with Gasteiger partial charge in [0.25, 0.3) is 5.69 Å². The third-order valence-corrected chi connectivity index (χ3v) is 7.93. The van der Waals surface area contributed by atoms with Gasteiger partial charge in [-0.25, -0.2) is 9.59 Å². The summed E-state index contributed by atoms with van der Waals surface area (Å²) in [5.74, 6) is -1.23. The fourth-order valence-corrected chi connectivity index (χ4v) is 5.89. The van der Waals surface area contributed by atoms with Crippen LogP contribution in [-0.2, 0) is 15.0 Å². The zero-order valence-electron chi connectivity index (χ0n) is 21.9. The van der Waals surface area contributed by atoms with Crippen LogP contribution in [0.25, 0.3) is 0 Å². The van der Waals surface area contributed by atoms with Gasteiger partial charge in [0.15, 0.2) is 0 Å². The molecule has 0 spiro atoms. The first-order valence-electron chi connectivity index (χ1n) is 12.8. The van der Waals surface area contributed by atoms with E-state index >= 15 is 0 Å². The molecular formula is C28H31ClN4O6. The number of benzene rings is 2. The SMILES string of the molecule is CC1=C(C(=O)O)C(c2cccc([N+](=O)[O-])c2)N(CCCN(C)C(=O)C2(c3ccc(Cl)cc3)CCCC2)C(=O)N1. The molecule has 1 unspecified atom stereocenters. The number of hydrogen-bond donors (Lipinski definition) is 2. The maximum absolute atomic E-state index is 13.7. The fraction of sp³-hybridized carbons (Fsp3) is 0.393. The second kappa shape index (κ2) is 11.4. The second-order valence-corrected chi connectivity index (χ2v) is 10.5. The zero-order valence-corrected chi connectivity index (χ0v) is 22.6. The first kappa shape index (κ1) is 28.1. The van der Waals surface area contributed by atoms with Crippen LogP contribution >= 0.6 is 11.6 Å². The minimum absolute atomic E-state index is 0.00242. The van der Waals surface area contributed by atoms with Gasteiger partial charge >= 0.3 is 12.0 Å². The van der Waals surface area contributed by atoms with Crippen LogP contribution in [0.4, 0.5) is 10.5 Å². The Morgan fingerprint density at radius 2 is 1.87 bits per heavy atom. The molecule has 0 saturated heterocycles. The summed E-state index contributed by atoms with van der Waals surface area (Å²) in [4.78, 5) is 52.8. The first-order valence-corrected chi connectivity index (χ1v) is 13.2. The van der Waals surface area contributed by atoms with Crippen LogP contribution in [0.3, 0.4) is 0 Å². The van der Waals surface area contributed by atoms with E-state index in [0.29, 0.717) is 23.6 Å². The Balaban J connectivity index is 1.54. The molecule has 3 amide bonds. The van der Waals surface area contributed by atoms with Gasteiger partial charge in [0, 0.05) is 43.0 Å². The molecule has 1 saturated carbocycles. The number of carbonyl (C=O) groups is 3. The van der Waals surface area contributed by atoms with Crippen molar-refractivity contribution in [1.29, 1.82) is 0 Å². The number of allylic oxidation sites excluding steroid dienone is 1. The van der Waals surface area contributed by atoms with Gasteiger partial charge in [0.05, 0.1) is 22.0 Å². The first-order chi connectivity index (χ1) is 18.5. The molecule has 2 aromatic rings. The van der Waals surface area contributed by atoms with Crippen molar-refractivity contribution >= 4 is 35.2 Å². The number of nitro groups is 1. The highest BCUT2D eigenvalue weighted by Gasteiger charge is 2.44. The number of amides is 3. The molecule has 4 rings (SSSR count). The fourth-order valence-electron chi connectivity index (χ4n) is 5.76. The van der Waals surface area contributed by atoms with Crippen molar-refractivity contribution in [3.8, 4) is 0 Å². The quantitative estimate of drug-likeness (QED) is 0.330. The molecular weight excluding hydrogens is 524 g/mol. The summed E-state index contributed by atoms with van der Waals surface area (Å²) in [7, 11) is 1.74. The minimum atomic E-state index is -1.23. The van der Waals surface area contributed by atoms with E-state index in [2.05, 4.69) is 5.32 Å². The van der Waals surface area contributed by atoms with Crippen LogP contribution in [0.2, 0.25) is 5.02 Å². The van der Waals surface area contributed by atoms with E-state index in [0.717, 1.165) is 31.2 Å². The predicted molar refractivity (Wildman–Crippen MR) is 145 cm³/mol. The Labute approximate surface area is 231 Å². The third kappa shape index (κ3) is 5.61. The summed E-state index contributed by atoms with van der Waals surface area (Å²) in [5.41, 5.74) is 0.562. The highest BCUT2D eigenvalue weighted by Crippen LogP contribution is 2.43. The standard InChI is InChI=1S/C28H31ClN4O6/c1-18-23(25(34)35)24(19-7-5-8-22(17-19)33(38)39)32(27(37)30-18)16-6-15-31(2)26(36)28(13-3-4-14-28)20-9-11-21(29)12-10-20/h5,7-12,17,24H,3-4,6,13-16H2,1-2H3,(H,30,37)(H,34,35). The largest absolute Gasteiger partial charge is 0.478 e. The maximum Gasteiger partial charge on any atom is 0.335 e. The Morgan fingerprint density at radius 3 is 2.49 bits per heavy atom. The Bertz CT molecular complexity index is 1320. The topological polar surface area (TPSA) is 133 Å². The molecule has 1 heterocycles. The molecule has 206 valence electrons. The van der Waals surface area contributed by atoms with E-state index in [1.54, 1.807) is 30.1 Å². The molecule has 0 bridgehead atoms. The molecule has 2 N–H and O–H groups in total. The molecule has 1 atom stereocenters. The summed E-state index contributed by atoms with van der Waals surface area (Å²) in [5, 5.41) is 24.5. The van der Waals surface area contributed by atoms with E-state index < -0.39 is 28.4 Å². The monoisotopic (exact) mass is 554 g/mol.